The summed E-state index contributed by atoms with van der Waals surface area (Å²) in [6.45, 7) is 2.17. The number of alkyl halides is 3. The summed E-state index contributed by atoms with van der Waals surface area (Å²) in [4.78, 5) is 0. The van der Waals surface area contributed by atoms with Crippen molar-refractivity contribution in [1.29, 1.82) is 0 Å². The Balaban J connectivity index is 1.86. The third-order valence-corrected chi connectivity index (χ3v) is 4.22. The fourth-order valence-electron chi connectivity index (χ4n) is 2.71. The molecule has 0 amide bonds. The van der Waals surface area contributed by atoms with Gasteiger partial charge in [0.05, 0.1) is 12.4 Å². The zero-order chi connectivity index (χ0) is 21.1. The van der Waals surface area contributed by atoms with E-state index in [1.165, 1.54) is 62.0 Å². The second kappa shape index (κ2) is 11.3. The first kappa shape index (κ1) is 22.6. The molecule has 0 fully saturated rings. The van der Waals surface area contributed by atoms with E-state index in [2.05, 4.69) is 21.9 Å². The third kappa shape index (κ3) is 8.89. The Hall–Kier alpha value is -2.70. The lowest BCUT2D eigenvalue weighted by atomic mass is 10.0. The van der Waals surface area contributed by atoms with E-state index in [1.807, 2.05) is 6.07 Å². The van der Waals surface area contributed by atoms with Gasteiger partial charge in [-0.25, -0.2) is 4.39 Å². The van der Waals surface area contributed by atoms with Gasteiger partial charge in [-0.15, -0.1) is 13.2 Å². The van der Waals surface area contributed by atoms with E-state index in [1.54, 1.807) is 6.07 Å². The van der Waals surface area contributed by atoms with Crippen LogP contribution in [0.15, 0.2) is 52.7 Å². The standard InChI is InChI=1S/C22H24F4N2O/c1-2-3-4-5-6-7-17-8-11-19(21(23)14-17)16-28-27-15-18-9-12-20(13-10-18)29-22(24,25)26/h8-16H,2-7H2,1H3/b27-15-,28-16+. The highest BCUT2D eigenvalue weighted by atomic mass is 19.4. The Morgan fingerprint density at radius 1 is 0.897 bits per heavy atom. The fourth-order valence-corrected chi connectivity index (χ4v) is 2.71. The van der Waals surface area contributed by atoms with Gasteiger partial charge in [-0.1, -0.05) is 44.7 Å². The van der Waals surface area contributed by atoms with E-state index in [0.29, 0.717) is 11.1 Å². The van der Waals surface area contributed by atoms with Crippen LogP contribution in [0.2, 0.25) is 0 Å². The molecule has 2 aromatic rings. The number of rotatable bonds is 10. The molecule has 156 valence electrons. The lowest BCUT2D eigenvalue weighted by molar-refractivity contribution is -0.274. The van der Waals surface area contributed by atoms with E-state index in [4.69, 9.17) is 0 Å². The van der Waals surface area contributed by atoms with E-state index < -0.39 is 6.36 Å². The Labute approximate surface area is 168 Å². The van der Waals surface area contributed by atoms with Crippen LogP contribution in [0.1, 0.15) is 55.7 Å². The minimum absolute atomic E-state index is 0.314. The van der Waals surface area contributed by atoms with Crippen molar-refractivity contribution in [3.8, 4) is 5.75 Å². The van der Waals surface area contributed by atoms with Crippen molar-refractivity contribution < 1.29 is 22.3 Å². The van der Waals surface area contributed by atoms with Crippen LogP contribution in [0.3, 0.4) is 0 Å². The van der Waals surface area contributed by atoms with Gasteiger partial charge in [-0.05, 0) is 54.3 Å². The molecular formula is C22H24F4N2O. The van der Waals surface area contributed by atoms with Crippen LogP contribution in [0, 0.1) is 5.82 Å². The van der Waals surface area contributed by atoms with Crippen LogP contribution in [-0.2, 0) is 6.42 Å². The number of hydrogen-bond acceptors (Lipinski definition) is 3. The molecule has 29 heavy (non-hydrogen) atoms. The summed E-state index contributed by atoms with van der Waals surface area (Å²) < 4.78 is 54.3. The number of aryl methyl sites for hydroxylation is 1. The van der Waals surface area contributed by atoms with Gasteiger partial charge < -0.3 is 4.74 Å². The van der Waals surface area contributed by atoms with E-state index in [9.17, 15) is 17.6 Å². The maximum absolute atomic E-state index is 14.2. The van der Waals surface area contributed by atoms with Gasteiger partial charge >= 0.3 is 6.36 Å². The third-order valence-electron chi connectivity index (χ3n) is 4.22. The Kier molecular flexibility index (Phi) is 8.83. The smallest absolute Gasteiger partial charge is 0.406 e. The number of unbranched alkanes of at least 4 members (excludes halogenated alkanes) is 4. The first-order valence-corrected chi connectivity index (χ1v) is 9.58. The lowest BCUT2D eigenvalue weighted by Gasteiger charge is -2.08. The van der Waals surface area contributed by atoms with Crippen molar-refractivity contribution in [2.24, 2.45) is 10.2 Å². The molecule has 2 aromatic carbocycles. The second-order valence-corrected chi connectivity index (χ2v) is 6.63. The van der Waals surface area contributed by atoms with Gasteiger partial charge in [0.15, 0.2) is 0 Å². The number of nitrogens with zero attached hydrogens (tertiary/aromatic N) is 2. The molecule has 0 radical (unpaired) electrons. The Morgan fingerprint density at radius 3 is 2.24 bits per heavy atom. The largest absolute Gasteiger partial charge is 0.573 e. The average molecular weight is 408 g/mol. The molecule has 0 aliphatic rings. The van der Waals surface area contributed by atoms with Crippen molar-refractivity contribution in [3.05, 3.63) is 65.0 Å². The highest BCUT2D eigenvalue weighted by molar-refractivity contribution is 5.83. The van der Waals surface area contributed by atoms with Crippen LogP contribution in [0.4, 0.5) is 17.6 Å². The first-order chi connectivity index (χ1) is 13.9. The number of benzene rings is 2. The molecule has 0 spiro atoms. The average Bonchev–Trinajstić information content (AvgIpc) is 2.66. The highest BCUT2D eigenvalue weighted by Gasteiger charge is 2.30. The van der Waals surface area contributed by atoms with Crippen molar-refractivity contribution in [3.63, 3.8) is 0 Å². The van der Waals surface area contributed by atoms with Gasteiger partial charge in [0.2, 0.25) is 0 Å². The summed E-state index contributed by atoms with van der Waals surface area (Å²) in [5.74, 6) is -0.672. The van der Waals surface area contributed by atoms with Gasteiger partial charge in [0, 0.05) is 5.56 Å². The van der Waals surface area contributed by atoms with Crippen LogP contribution in [0.5, 0.6) is 5.75 Å². The quantitative estimate of drug-likeness (QED) is 0.187. The molecule has 7 heteroatoms. The van der Waals surface area contributed by atoms with Crippen molar-refractivity contribution in [1.82, 2.24) is 0 Å². The zero-order valence-corrected chi connectivity index (χ0v) is 16.3. The summed E-state index contributed by atoms with van der Waals surface area (Å²) in [7, 11) is 0. The van der Waals surface area contributed by atoms with E-state index in [0.717, 1.165) is 24.8 Å². The maximum Gasteiger partial charge on any atom is 0.573 e. The van der Waals surface area contributed by atoms with Gasteiger partial charge in [0.25, 0.3) is 0 Å². The zero-order valence-electron chi connectivity index (χ0n) is 16.3. The SMILES string of the molecule is CCCCCCCc1ccc(/C=N/N=C\c2ccc(OC(F)(F)F)cc2)c(F)c1. The summed E-state index contributed by atoms with van der Waals surface area (Å²) in [6, 6.07) is 10.3. The molecule has 0 aliphatic carbocycles. The monoisotopic (exact) mass is 408 g/mol. The predicted octanol–water partition coefficient (Wildman–Crippen LogP) is 6.69. The van der Waals surface area contributed by atoms with Crippen LogP contribution >= 0.6 is 0 Å². The molecule has 0 saturated heterocycles. The molecule has 0 atom stereocenters. The summed E-state index contributed by atoms with van der Waals surface area (Å²) in [5.41, 5.74) is 1.82. The van der Waals surface area contributed by atoms with Gasteiger partial charge in [0.1, 0.15) is 11.6 Å². The minimum Gasteiger partial charge on any atom is -0.406 e. The summed E-state index contributed by atoms with van der Waals surface area (Å²) in [5, 5.41) is 7.60. The molecule has 0 saturated carbocycles. The second-order valence-electron chi connectivity index (χ2n) is 6.63. The molecule has 0 aromatic heterocycles. The van der Waals surface area contributed by atoms with Crippen molar-refractivity contribution in [2.75, 3.05) is 0 Å². The fraction of sp³-hybridized carbons (Fsp3) is 0.364. The number of hydrogen-bond donors (Lipinski definition) is 0. The van der Waals surface area contributed by atoms with Gasteiger partial charge in [-0.3, -0.25) is 0 Å². The number of halogens is 4. The maximum atomic E-state index is 14.2. The van der Waals surface area contributed by atoms with Crippen LogP contribution in [0.25, 0.3) is 0 Å². The molecule has 0 bridgehead atoms. The van der Waals surface area contributed by atoms with Gasteiger partial charge in [-0.2, -0.15) is 10.2 Å². The summed E-state index contributed by atoms with van der Waals surface area (Å²) >= 11 is 0. The molecular weight excluding hydrogens is 384 g/mol. The Bertz CT molecular complexity index is 815. The minimum atomic E-state index is -4.73. The predicted molar refractivity (Wildman–Crippen MR) is 107 cm³/mol. The molecule has 2 rings (SSSR count). The van der Waals surface area contributed by atoms with E-state index in [-0.39, 0.29) is 11.6 Å². The van der Waals surface area contributed by atoms with Crippen molar-refractivity contribution >= 4 is 12.4 Å². The topological polar surface area (TPSA) is 34.0 Å². The van der Waals surface area contributed by atoms with E-state index >= 15 is 0 Å². The molecule has 3 nitrogen and oxygen atoms in total. The normalized spacial score (nSPS) is 12.2. The van der Waals surface area contributed by atoms with Crippen molar-refractivity contribution in [2.45, 2.75) is 51.8 Å². The molecule has 0 aliphatic heterocycles. The number of ether oxygens (including phenoxy) is 1. The summed E-state index contributed by atoms with van der Waals surface area (Å²) in [6.07, 6.45) is 4.62. The Morgan fingerprint density at radius 2 is 1.59 bits per heavy atom. The van der Waals surface area contributed by atoms with Crippen LogP contribution < -0.4 is 4.74 Å². The lowest BCUT2D eigenvalue weighted by Crippen LogP contribution is -2.16. The highest BCUT2D eigenvalue weighted by Crippen LogP contribution is 2.22. The molecule has 0 unspecified atom stereocenters. The van der Waals surface area contributed by atoms with Crippen LogP contribution in [-0.4, -0.2) is 18.8 Å². The molecule has 0 N–H and O–H groups in total. The molecule has 0 heterocycles. The first-order valence-electron chi connectivity index (χ1n) is 9.58.